The average Bonchev–Trinajstić information content (AvgIpc) is 3.59. The fraction of sp³-hybridized carbons (Fsp3) is 0.259. The molecule has 188 valence electrons. The van der Waals surface area contributed by atoms with Gasteiger partial charge in [0.25, 0.3) is 5.91 Å². The SMILES string of the molecule is CCN1C(=O)c2nc(-c3ccc(-n4cccn4)cc3)n(Cc3ccc(F)cc3F)c2N2CC(C)(C)N=C12. The van der Waals surface area contributed by atoms with E-state index in [2.05, 4.69) is 5.10 Å². The predicted molar refractivity (Wildman–Crippen MR) is 136 cm³/mol. The van der Waals surface area contributed by atoms with Gasteiger partial charge in [0.15, 0.2) is 5.69 Å². The largest absolute Gasteiger partial charge is 0.305 e. The van der Waals surface area contributed by atoms with Crippen LogP contribution in [0.4, 0.5) is 14.6 Å². The number of halogens is 2. The van der Waals surface area contributed by atoms with Crippen LogP contribution in [-0.2, 0) is 6.54 Å². The van der Waals surface area contributed by atoms with Crippen molar-refractivity contribution in [1.29, 1.82) is 0 Å². The van der Waals surface area contributed by atoms with Gasteiger partial charge in [-0.2, -0.15) is 5.10 Å². The molecule has 0 saturated heterocycles. The zero-order valence-corrected chi connectivity index (χ0v) is 20.7. The van der Waals surface area contributed by atoms with Gasteiger partial charge in [0.1, 0.15) is 23.3 Å². The molecule has 37 heavy (non-hydrogen) atoms. The lowest BCUT2D eigenvalue weighted by molar-refractivity contribution is 0.0841. The molecular formula is C27H25F2N7O. The monoisotopic (exact) mass is 501 g/mol. The lowest BCUT2D eigenvalue weighted by atomic mass is 10.1. The van der Waals surface area contributed by atoms with E-state index in [1.165, 1.54) is 12.1 Å². The summed E-state index contributed by atoms with van der Waals surface area (Å²) in [5.74, 6) is 0.0810. The van der Waals surface area contributed by atoms with Crippen LogP contribution >= 0.6 is 0 Å². The number of imidazole rings is 1. The Balaban J connectivity index is 1.53. The third kappa shape index (κ3) is 3.80. The van der Waals surface area contributed by atoms with Crippen molar-refractivity contribution < 1.29 is 13.6 Å². The summed E-state index contributed by atoms with van der Waals surface area (Å²) in [4.78, 5) is 26.8. The first kappa shape index (κ1) is 23.1. The molecule has 0 bridgehead atoms. The predicted octanol–water partition coefficient (Wildman–Crippen LogP) is 4.49. The van der Waals surface area contributed by atoms with E-state index < -0.39 is 17.2 Å². The molecule has 0 atom stereocenters. The molecule has 2 aromatic heterocycles. The van der Waals surface area contributed by atoms with Gasteiger partial charge in [-0.15, -0.1) is 0 Å². The molecule has 8 nitrogen and oxygen atoms in total. The molecular weight excluding hydrogens is 476 g/mol. The molecule has 0 radical (unpaired) electrons. The number of benzene rings is 2. The zero-order chi connectivity index (χ0) is 25.9. The highest BCUT2D eigenvalue weighted by molar-refractivity contribution is 6.18. The van der Waals surface area contributed by atoms with Crippen LogP contribution in [0, 0.1) is 11.6 Å². The first-order valence-electron chi connectivity index (χ1n) is 12.1. The smallest absolute Gasteiger partial charge is 0.283 e. The Hall–Kier alpha value is -4.34. The molecule has 0 N–H and O–H groups in total. The molecule has 4 heterocycles. The number of hydrogen-bond donors (Lipinski definition) is 0. The van der Waals surface area contributed by atoms with E-state index in [1.807, 2.05) is 66.8 Å². The lowest BCUT2D eigenvalue weighted by Gasteiger charge is -2.34. The Morgan fingerprint density at radius 1 is 1.08 bits per heavy atom. The number of amides is 1. The summed E-state index contributed by atoms with van der Waals surface area (Å²) in [6, 6.07) is 13.0. The molecule has 0 fully saturated rings. The van der Waals surface area contributed by atoms with Gasteiger partial charge in [-0.25, -0.2) is 23.4 Å². The van der Waals surface area contributed by atoms with Crippen molar-refractivity contribution in [2.75, 3.05) is 18.0 Å². The fourth-order valence-corrected chi connectivity index (χ4v) is 4.94. The fourth-order valence-electron chi connectivity index (χ4n) is 4.94. The van der Waals surface area contributed by atoms with Gasteiger partial charge in [0, 0.05) is 36.1 Å². The summed E-state index contributed by atoms with van der Waals surface area (Å²) in [5.41, 5.74) is 1.77. The molecule has 2 aliphatic heterocycles. The van der Waals surface area contributed by atoms with E-state index in [0.717, 1.165) is 17.3 Å². The third-order valence-corrected chi connectivity index (χ3v) is 6.63. The number of carbonyl (C=O) groups excluding carboxylic acids is 1. The molecule has 0 aliphatic carbocycles. The number of aromatic nitrogens is 4. The van der Waals surface area contributed by atoms with Gasteiger partial charge in [0.2, 0.25) is 5.96 Å². The second-order valence-electron chi connectivity index (χ2n) is 9.79. The molecule has 0 saturated carbocycles. The number of rotatable bonds is 5. The normalized spacial score (nSPS) is 16.1. The van der Waals surface area contributed by atoms with Crippen LogP contribution in [0.1, 0.15) is 36.8 Å². The maximum absolute atomic E-state index is 14.8. The zero-order valence-electron chi connectivity index (χ0n) is 20.7. The van der Waals surface area contributed by atoms with Gasteiger partial charge in [0.05, 0.1) is 24.3 Å². The molecule has 10 heteroatoms. The van der Waals surface area contributed by atoms with E-state index >= 15 is 0 Å². The Kier molecular flexibility index (Phi) is 5.22. The summed E-state index contributed by atoms with van der Waals surface area (Å²) in [6.45, 7) is 6.95. The molecule has 0 spiro atoms. The van der Waals surface area contributed by atoms with Gasteiger partial charge in [-0.05, 0) is 57.2 Å². The van der Waals surface area contributed by atoms with Gasteiger partial charge >= 0.3 is 0 Å². The van der Waals surface area contributed by atoms with Crippen LogP contribution < -0.4 is 4.90 Å². The number of anilines is 1. The number of hydrogen-bond acceptors (Lipinski definition) is 5. The van der Waals surface area contributed by atoms with Crippen LogP contribution in [0.5, 0.6) is 0 Å². The molecule has 0 unspecified atom stereocenters. The minimum Gasteiger partial charge on any atom is -0.305 e. The highest BCUT2D eigenvalue weighted by Crippen LogP contribution is 2.38. The lowest BCUT2D eigenvalue weighted by Crippen LogP contribution is -2.51. The van der Waals surface area contributed by atoms with Crippen LogP contribution in [0.15, 0.2) is 65.9 Å². The molecule has 4 aromatic rings. The Labute approximate surface area is 212 Å². The Morgan fingerprint density at radius 3 is 2.54 bits per heavy atom. The maximum atomic E-state index is 14.8. The van der Waals surface area contributed by atoms with E-state index in [1.54, 1.807) is 15.8 Å². The van der Waals surface area contributed by atoms with E-state index in [9.17, 15) is 13.6 Å². The van der Waals surface area contributed by atoms with Crippen molar-refractivity contribution in [2.45, 2.75) is 32.9 Å². The van der Waals surface area contributed by atoms with Crippen molar-refractivity contribution in [1.82, 2.24) is 24.2 Å². The van der Waals surface area contributed by atoms with Crippen molar-refractivity contribution in [3.8, 4) is 17.1 Å². The van der Waals surface area contributed by atoms with Gasteiger partial charge < -0.3 is 4.57 Å². The minimum absolute atomic E-state index is 0.0638. The summed E-state index contributed by atoms with van der Waals surface area (Å²) < 4.78 is 32.0. The first-order valence-corrected chi connectivity index (χ1v) is 12.1. The van der Waals surface area contributed by atoms with Gasteiger partial charge in [-0.1, -0.05) is 6.07 Å². The molecule has 1 amide bonds. The van der Waals surface area contributed by atoms with Crippen LogP contribution in [0.3, 0.4) is 0 Å². The second-order valence-corrected chi connectivity index (χ2v) is 9.79. The molecule has 6 rings (SSSR count). The second kappa shape index (κ2) is 8.36. The number of carbonyl (C=O) groups is 1. The summed E-state index contributed by atoms with van der Waals surface area (Å²) >= 11 is 0. The molecule has 2 aromatic carbocycles. The highest BCUT2D eigenvalue weighted by atomic mass is 19.1. The van der Waals surface area contributed by atoms with Gasteiger partial charge in [-0.3, -0.25) is 14.6 Å². The number of fused-ring (bicyclic) bond motifs is 3. The molecule has 2 aliphatic rings. The van der Waals surface area contributed by atoms with Crippen molar-refractivity contribution in [3.05, 3.63) is 83.8 Å². The number of aliphatic imine (C=N–C) groups is 1. The first-order chi connectivity index (χ1) is 17.8. The van der Waals surface area contributed by atoms with Crippen LogP contribution in [-0.4, -0.2) is 54.7 Å². The average molecular weight is 502 g/mol. The van der Waals surface area contributed by atoms with E-state index in [4.69, 9.17) is 9.98 Å². The van der Waals surface area contributed by atoms with E-state index in [0.29, 0.717) is 36.3 Å². The topological polar surface area (TPSA) is 71.6 Å². The quantitative estimate of drug-likeness (QED) is 0.404. The third-order valence-electron chi connectivity index (χ3n) is 6.63. The summed E-state index contributed by atoms with van der Waals surface area (Å²) in [7, 11) is 0. The Bertz CT molecular complexity index is 1540. The van der Waals surface area contributed by atoms with Crippen LogP contribution in [0.25, 0.3) is 17.1 Å². The standard InChI is InChI=1S/C27H25F2N7O/c1-4-33-25(37)22-24(35-16-27(2,3)32-26(33)35)34(15-18-6-9-19(28)14-21(18)29)23(31-22)17-7-10-20(11-8-17)36-13-5-12-30-36/h5-14H,4,15-16H2,1-3H3. The van der Waals surface area contributed by atoms with Crippen molar-refractivity contribution in [3.63, 3.8) is 0 Å². The van der Waals surface area contributed by atoms with Crippen molar-refractivity contribution >= 4 is 17.7 Å². The van der Waals surface area contributed by atoms with Crippen LogP contribution in [0.2, 0.25) is 0 Å². The number of guanidine groups is 1. The Morgan fingerprint density at radius 2 is 1.86 bits per heavy atom. The maximum Gasteiger partial charge on any atom is 0.283 e. The summed E-state index contributed by atoms with van der Waals surface area (Å²) in [5, 5.41) is 4.26. The number of nitrogens with zero attached hydrogens (tertiary/aromatic N) is 7. The highest BCUT2D eigenvalue weighted by Gasteiger charge is 2.45. The van der Waals surface area contributed by atoms with Crippen molar-refractivity contribution in [2.24, 2.45) is 4.99 Å². The summed E-state index contributed by atoms with van der Waals surface area (Å²) in [6.07, 6.45) is 3.55. The van der Waals surface area contributed by atoms with E-state index in [-0.39, 0.29) is 18.1 Å². The minimum atomic E-state index is -0.657.